The second kappa shape index (κ2) is 6.52. The van der Waals surface area contributed by atoms with Crippen molar-refractivity contribution in [1.82, 2.24) is 0 Å². The fourth-order valence-corrected chi connectivity index (χ4v) is 1.14. The van der Waals surface area contributed by atoms with Crippen LogP contribution < -0.4 is 4.74 Å². The van der Waals surface area contributed by atoms with E-state index in [-0.39, 0.29) is 6.61 Å². The van der Waals surface area contributed by atoms with E-state index in [1.807, 2.05) is 6.07 Å². The van der Waals surface area contributed by atoms with Crippen LogP contribution in [0.1, 0.15) is 13.8 Å². The highest BCUT2D eigenvalue weighted by atomic mass is 16.7. The van der Waals surface area contributed by atoms with Crippen LogP contribution in [0.25, 0.3) is 0 Å². The van der Waals surface area contributed by atoms with E-state index < -0.39 is 18.2 Å². The van der Waals surface area contributed by atoms with Gasteiger partial charge in [0, 0.05) is 13.8 Å². The second-order valence-electron chi connectivity index (χ2n) is 3.27. The van der Waals surface area contributed by atoms with Crippen LogP contribution in [0.2, 0.25) is 0 Å². The summed E-state index contributed by atoms with van der Waals surface area (Å²) in [6, 6.07) is 8.88. The summed E-state index contributed by atoms with van der Waals surface area (Å²) in [4.78, 5) is 21.8. The number of para-hydroxylation sites is 1. The number of hydrogen-bond acceptors (Lipinski definition) is 5. The van der Waals surface area contributed by atoms with Gasteiger partial charge in [-0.3, -0.25) is 4.79 Å². The van der Waals surface area contributed by atoms with Crippen molar-refractivity contribution in [2.75, 3.05) is 6.61 Å². The van der Waals surface area contributed by atoms with Crippen LogP contribution in [-0.2, 0) is 19.1 Å². The van der Waals surface area contributed by atoms with E-state index in [1.165, 1.54) is 13.8 Å². The van der Waals surface area contributed by atoms with E-state index in [9.17, 15) is 9.59 Å². The molecule has 0 aliphatic carbocycles. The van der Waals surface area contributed by atoms with Crippen molar-refractivity contribution in [3.8, 4) is 5.75 Å². The molecule has 0 fully saturated rings. The largest absolute Gasteiger partial charge is 0.482 e. The van der Waals surface area contributed by atoms with Crippen molar-refractivity contribution < 1.29 is 23.8 Å². The van der Waals surface area contributed by atoms with Gasteiger partial charge in [-0.05, 0) is 12.1 Å². The van der Waals surface area contributed by atoms with Gasteiger partial charge in [-0.2, -0.15) is 0 Å². The summed E-state index contributed by atoms with van der Waals surface area (Å²) in [6.07, 6.45) is -0.903. The fraction of sp³-hybridized carbons (Fsp3) is 0.333. The van der Waals surface area contributed by atoms with Crippen LogP contribution in [0.15, 0.2) is 30.3 Å². The fourth-order valence-electron chi connectivity index (χ4n) is 1.14. The van der Waals surface area contributed by atoms with Crippen LogP contribution >= 0.6 is 0 Å². The summed E-state index contributed by atoms with van der Waals surface area (Å²) in [6.45, 7) is 2.47. The molecule has 1 aromatic rings. The molecule has 0 aliphatic rings. The third-order valence-corrected chi connectivity index (χ3v) is 1.73. The number of ether oxygens (including phenoxy) is 3. The Morgan fingerprint density at radius 3 is 2.41 bits per heavy atom. The van der Waals surface area contributed by atoms with Crippen LogP contribution in [0.5, 0.6) is 5.75 Å². The highest BCUT2D eigenvalue weighted by molar-refractivity contribution is 5.71. The molecule has 0 saturated heterocycles. The Bertz CT molecular complexity index is 374. The van der Waals surface area contributed by atoms with Gasteiger partial charge in [-0.15, -0.1) is 0 Å². The molecule has 17 heavy (non-hydrogen) atoms. The molecule has 1 rings (SSSR count). The summed E-state index contributed by atoms with van der Waals surface area (Å²) >= 11 is 0. The van der Waals surface area contributed by atoms with Gasteiger partial charge < -0.3 is 14.2 Å². The number of carbonyl (C=O) groups is 2. The minimum atomic E-state index is -0.903. The predicted molar refractivity (Wildman–Crippen MR) is 59.3 cm³/mol. The van der Waals surface area contributed by atoms with Crippen molar-refractivity contribution in [2.45, 2.75) is 20.1 Å². The first kappa shape index (κ1) is 13.0. The Hall–Kier alpha value is -2.04. The maximum Gasteiger partial charge on any atom is 0.347 e. The molecule has 0 spiro atoms. The molecule has 0 saturated carbocycles. The Kier molecular flexibility index (Phi) is 5.00. The molecule has 0 bridgehead atoms. The summed E-state index contributed by atoms with van der Waals surface area (Å²) in [5, 5.41) is 0. The van der Waals surface area contributed by atoms with Crippen molar-refractivity contribution in [1.29, 1.82) is 0 Å². The average Bonchev–Trinajstić information content (AvgIpc) is 2.26. The van der Waals surface area contributed by atoms with Crippen molar-refractivity contribution in [3.63, 3.8) is 0 Å². The quantitative estimate of drug-likeness (QED) is 0.575. The SMILES string of the molecule is CC(=O)OC(C)OC(=O)COc1ccccc1. The molecule has 0 radical (unpaired) electrons. The predicted octanol–water partition coefficient (Wildman–Crippen LogP) is 1.52. The number of carbonyl (C=O) groups excluding carboxylic acids is 2. The number of hydrogen-bond donors (Lipinski definition) is 0. The third-order valence-electron chi connectivity index (χ3n) is 1.73. The lowest BCUT2D eigenvalue weighted by Crippen LogP contribution is -2.24. The molecule has 1 aromatic carbocycles. The molecule has 0 amide bonds. The van der Waals surface area contributed by atoms with E-state index in [4.69, 9.17) is 9.47 Å². The molecule has 1 unspecified atom stereocenters. The summed E-state index contributed by atoms with van der Waals surface area (Å²) in [7, 11) is 0. The number of benzene rings is 1. The molecule has 5 nitrogen and oxygen atoms in total. The zero-order valence-electron chi connectivity index (χ0n) is 9.71. The molecule has 5 heteroatoms. The van der Waals surface area contributed by atoms with Crippen LogP contribution in [0.4, 0.5) is 0 Å². The minimum Gasteiger partial charge on any atom is -0.482 e. The Morgan fingerprint density at radius 2 is 1.82 bits per heavy atom. The van der Waals surface area contributed by atoms with Crippen LogP contribution in [0, 0.1) is 0 Å². The molecule has 0 N–H and O–H groups in total. The first-order valence-corrected chi connectivity index (χ1v) is 5.12. The van der Waals surface area contributed by atoms with Gasteiger partial charge in [0.2, 0.25) is 6.29 Å². The zero-order valence-corrected chi connectivity index (χ0v) is 9.71. The Balaban J connectivity index is 2.28. The second-order valence-corrected chi connectivity index (χ2v) is 3.27. The van der Waals surface area contributed by atoms with Gasteiger partial charge in [0.1, 0.15) is 5.75 Å². The van der Waals surface area contributed by atoms with Gasteiger partial charge >= 0.3 is 11.9 Å². The minimum absolute atomic E-state index is 0.227. The van der Waals surface area contributed by atoms with E-state index in [1.54, 1.807) is 24.3 Å². The van der Waals surface area contributed by atoms with Gasteiger partial charge in [0.25, 0.3) is 0 Å². The van der Waals surface area contributed by atoms with Crippen molar-refractivity contribution in [2.24, 2.45) is 0 Å². The molecule has 0 aliphatic heterocycles. The highest BCUT2D eigenvalue weighted by Crippen LogP contribution is 2.08. The normalized spacial score (nSPS) is 11.4. The molecule has 0 heterocycles. The summed E-state index contributed by atoms with van der Waals surface area (Å²) in [5.41, 5.74) is 0. The Morgan fingerprint density at radius 1 is 1.18 bits per heavy atom. The molecular formula is C12H14O5. The first-order valence-electron chi connectivity index (χ1n) is 5.12. The number of rotatable bonds is 5. The van der Waals surface area contributed by atoms with Crippen LogP contribution in [-0.4, -0.2) is 24.8 Å². The van der Waals surface area contributed by atoms with Gasteiger partial charge in [-0.25, -0.2) is 4.79 Å². The van der Waals surface area contributed by atoms with Gasteiger partial charge in [0.05, 0.1) is 0 Å². The summed E-state index contributed by atoms with van der Waals surface area (Å²) < 4.78 is 14.6. The Labute approximate surface area is 99.3 Å². The number of esters is 2. The lowest BCUT2D eigenvalue weighted by molar-refractivity contribution is -0.184. The topological polar surface area (TPSA) is 61.8 Å². The van der Waals surface area contributed by atoms with Crippen molar-refractivity contribution >= 4 is 11.9 Å². The maximum atomic E-state index is 11.3. The third kappa shape index (κ3) is 5.55. The van der Waals surface area contributed by atoms with Crippen molar-refractivity contribution in [3.05, 3.63) is 30.3 Å². The van der Waals surface area contributed by atoms with E-state index in [2.05, 4.69) is 4.74 Å². The molecular weight excluding hydrogens is 224 g/mol. The van der Waals surface area contributed by atoms with E-state index in [0.717, 1.165) is 0 Å². The van der Waals surface area contributed by atoms with Gasteiger partial charge in [-0.1, -0.05) is 18.2 Å². The molecule has 92 valence electrons. The van der Waals surface area contributed by atoms with E-state index >= 15 is 0 Å². The maximum absolute atomic E-state index is 11.3. The standard InChI is InChI=1S/C12H14O5/c1-9(13)16-10(2)17-12(14)8-15-11-6-4-3-5-7-11/h3-7,10H,8H2,1-2H3. The lowest BCUT2D eigenvalue weighted by atomic mass is 10.3. The smallest absolute Gasteiger partial charge is 0.347 e. The van der Waals surface area contributed by atoms with Crippen LogP contribution in [0.3, 0.4) is 0 Å². The van der Waals surface area contributed by atoms with E-state index in [0.29, 0.717) is 5.75 Å². The zero-order chi connectivity index (χ0) is 12.7. The van der Waals surface area contributed by atoms with Gasteiger partial charge in [0.15, 0.2) is 6.61 Å². The average molecular weight is 238 g/mol. The lowest BCUT2D eigenvalue weighted by Gasteiger charge is -2.13. The highest BCUT2D eigenvalue weighted by Gasteiger charge is 2.12. The monoisotopic (exact) mass is 238 g/mol. The first-order chi connectivity index (χ1) is 8.08. The summed E-state index contributed by atoms with van der Waals surface area (Å²) in [5.74, 6) is -0.526. The molecule has 1 atom stereocenters. The molecule has 0 aromatic heterocycles.